The number of hydrogen-bond acceptors (Lipinski definition) is 2. The number of thioether (sulfide) groups is 1. The van der Waals surface area contributed by atoms with Crippen molar-refractivity contribution in [1.82, 2.24) is 4.90 Å². The molecule has 2 nitrogen and oxygen atoms in total. The Bertz CT molecular complexity index is 371. The molecule has 126 valence electrons. The Morgan fingerprint density at radius 2 is 2.05 bits per heavy atom. The molecule has 0 saturated carbocycles. The fraction of sp³-hybridized carbons (Fsp3) is 0.842. The average Bonchev–Trinajstić information content (AvgIpc) is 2.86. The van der Waals surface area contributed by atoms with E-state index in [0.717, 1.165) is 25.1 Å². The lowest BCUT2D eigenvalue weighted by molar-refractivity contribution is -0.128. The van der Waals surface area contributed by atoms with Gasteiger partial charge in [-0.1, -0.05) is 51.9 Å². The standard InChI is InChI=1S/C19H33NOS/c1-4-6-7-9-17(3)10-11-18-12-13-19(21)20(18)14-8-16-22-15-5-2/h17-18H,4-9,12-16H2,1-3H3. The zero-order chi connectivity index (χ0) is 16.2. The molecule has 2 unspecified atom stereocenters. The van der Waals surface area contributed by atoms with E-state index >= 15 is 0 Å². The monoisotopic (exact) mass is 323 g/mol. The molecule has 0 aliphatic carbocycles. The van der Waals surface area contributed by atoms with Crippen molar-refractivity contribution < 1.29 is 4.79 Å². The van der Waals surface area contributed by atoms with Gasteiger partial charge in [-0.25, -0.2) is 0 Å². The fourth-order valence-corrected chi connectivity index (χ4v) is 3.58. The van der Waals surface area contributed by atoms with Gasteiger partial charge >= 0.3 is 0 Å². The van der Waals surface area contributed by atoms with E-state index in [-0.39, 0.29) is 6.04 Å². The van der Waals surface area contributed by atoms with Gasteiger partial charge in [0.1, 0.15) is 0 Å². The predicted molar refractivity (Wildman–Crippen MR) is 98.1 cm³/mol. The van der Waals surface area contributed by atoms with Crippen LogP contribution in [-0.4, -0.2) is 34.9 Å². The molecule has 0 bridgehead atoms. The van der Waals surface area contributed by atoms with Crippen LogP contribution in [0.2, 0.25) is 0 Å². The maximum Gasteiger partial charge on any atom is 0.223 e. The van der Waals surface area contributed by atoms with Crippen LogP contribution in [0.1, 0.15) is 72.1 Å². The molecule has 0 aromatic rings. The second-order valence-electron chi connectivity index (χ2n) is 6.29. The maximum atomic E-state index is 12.0. The summed E-state index contributed by atoms with van der Waals surface area (Å²) in [6, 6.07) is 0.178. The fourth-order valence-electron chi connectivity index (χ4n) is 2.76. The first-order valence-electron chi connectivity index (χ1n) is 9.07. The maximum absolute atomic E-state index is 12.0. The molecule has 1 aliphatic rings. The Morgan fingerprint density at radius 3 is 2.77 bits per heavy atom. The van der Waals surface area contributed by atoms with E-state index in [0.29, 0.717) is 18.2 Å². The number of carbonyl (C=O) groups is 1. The van der Waals surface area contributed by atoms with E-state index in [4.69, 9.17) is 0 Å². The van der Waals surface area contributed by atoms with Gasteiger partial charge in [-0.2, -0.15) is 11.8 Å². The lowest BCUT2D eigenvalue weighted by Gasteiger charge is -2.20. The Kier molecular flexibility index (Phi) is 10.5. The first-order valence-corrected chi connectivity index (χ1v) is 10.2. The normalized spacial score (nSPS) is 19.1. The van der Waals surface area contributed by atoms with Gasteiger partial charge in [0.15, 0.2) is 0 Å². The molecule has 22 heavy (non-hydrogen) atoms. The second-order valence-corrected chi connectivity index (χ2v) is 7.52. The van der Waals surface area contributed by atoms with Gasteiger partial charge in [0.2, 0.25) is 5.91 Å². The third-order valence-electron chi connectivity index (χ3n) is 4.10. The van der Waals surface area contributed by atoms with Crippen LogP contribution < -0.4 is 0 Å². The van der Waals surface area contributed by atoms with Crippen molar-refractivity contribution in [2.75, 3.05) is 18.1 Å². The van der Waals surface area contributed by atoms with E-state index in [1.165, 1.54) is 37.9 Å². The van der Waals surface area contributed by atoms with Crippen molar-refractivity contribution in [1.29, 1.82) is 0 Å². The quantitative estimate of drug-likeness (QED) is 0.428. The van der Waals surface area contributed by atoms with E-state index in [1.807, 2.05) is 16.7 Å². The van der Waals surface area contributed by atoms with Gasteiger partial charge in [0.25, 0.3) is 0 Å². The van der Waals surface area contributed by atoms with Crippen LogP contribution in [0.5, 0.6) is 0 Å². The highest BCUT2D eigenvalue weighted by atomic mass is 32.2. The topological polar surface area (TPSA) is 20.3 Å². The van der Waals surface area contributed by atoms with Crippen molar-refractivity contribution in [2.45, 2.75) is 78.2 Å². The minimum atomic E-state index is 0.178. The summed E-state index contributed by atoms with van der Waals surface area (Å²) in [7, 11) is 0. The molecule has 1 aliphatic heterocycles. The third-order valence-corrected chi connectivity index (χ3v) is 5.38. The van der Waals surface area contributed by atoms with Crippen LogP contribution in [-0.2, 0) is 4.79 Å². The van der Waals surface area contributed by atoms with E-state index < -0.39 is 0 Å². The Hall–Kier alpha value is -0.620. The summed E-state index contributed by atoms with van der Waals surface area (Å²) in [5.74, 6) is 9.94. The SMILES string of the molecule is CCCCCC(C)C#CC1CCC(=O)N1CCCSCCC. The molecule has 0 spiro atoms. The van der Waals surface area contributed by atoms with Crippen molar-refractivity contribution in [3.8, 4) is 11.8 Å². The summed E-state index contributed by atoms with van der Waals surface area (Å²) >= 11 is 1.99. The largest absolute Gasteiger partial charge is 0.329 e. The van der Waals surface area contributed by atoms with Crippen LogP contribution in [0.15, 0.2) is 0 Å². The van der Waals surface area contributed by atoms with Crippen LogP contribution in [0.3, 0.4) is 0 Å². The number of likely N-dealkylation sites (tertiary alicyclic amines) is 1. The summed E-state index contributed by atoms with van der Waals surface area (Å²) < 4.78 is 0. The van der Waals surface area contributed by atoms with Crippen LogP contribution in [0.25, 0.3) is 0 Å². The molecule has 1 amide bonds. The van der Waals surface area contributed by atoms with Gasteiger partial charge in [-0.05, 0) is 37.2 Å². The van der Waals surface area contributed by atoms with Crippen molar-refractivity contribution in [3.05, 3.63) is 0 Å². The lowest BCUT2D eigenvalue weighted by Crippen LogP contribution is -2.33. The van der Waals surface area contributed by atoms with Crippen molar-refractivity contribution in [3.63, 3.8) is 0 Å². The van der Waals surface area contributed by atoms with Crippen LogP contribution in [0.4, 0.5) is 0 Å². The smallest absolute Gasteiger partial charge is 0.223 e. The number of hydrogen-bond donors (Lipinski definition) is 0. The van der Waals surface area contributed by atoms with Gasteiger partial charge in [0, 0.05) is 18.9 Å². The van der Waals surface area contributed by atoms with Gasteiger partial charge in [-0.15, -0.1) is 0 Å². The second kappa shape index (κ2) is 11.9. The zero-order valence-electron chi connectivity index (χ0n) is 14.7. The molecular formula is C19H33NOS. The summed E-state index contributed by atoms with van der Waals surface area (Å²) in [5, 5.41) is 0. The molecule has 0 aromatic heterocycles. The highest BCUT2D eigenvalue weighted by Crippen LogP contribution is 2.19. The first kappa shape index (κ1) is 19.4. The van der Waals surface area contributed by atoms with Crippen LogP contribution in [0, 0.1) is 17.8 Å². The molecular weight excluding hydrogens is 290 g/mol. The summed E-state index contributed by atoms with van der Waals surface area (Å²) in [5.41, 5.74) is 0. The van der Waals surface area contributed by atoms with Gasteiger partial charge in [0.05, 0.1) is 6.04 Å². The number of carbonyl (C=O) groups excluding carboxylic acids is 1. The Balaban J connectivity index is 2.36. The van der Waals surface area contributed by atoms with Gasteiger partial charge < -0.3 is 4.90 Å². The van der Waals surface area contributed by atoms with Crippen molar-refractivity contribution in [2.24, 2.45) is 5.92 Å². The third kappa shape index (κ3) is 7.58. The molecule has 0 aromatic carbocycles. The highest BCUT2D eigenvalue weighted by Gasteiger charge is 2.28. The average molecular weight is 324 g/mol. The Morgan fingerprint density at radius 1 is 1.23 bits per heavy atom. The molecule has 0 radical (unpaired) electrons. The first-order chi connectivity index (χ1) is 10.7. The molecule has 1 fully saturated rings. The zero-order valence-corrected chi connectivity index (χ0v) is 15.5. The van der Waals surface area contributed by atoms with Gasteiger partial charge in [-0.3, -0.25) is 4.79 Å². The van der Waals surface area contributed by atoms with E-state index in [1.54, 1.807) is 0 Å². The number of rotatable bonds is 10. The molecule has 2 atom stereocenters. The Labute approximate surface area is 141 Å². The molecule has 1 rings (SSSR count). The summed E-state index contributed by atoms with van der Waals surface area (Å²) in [4.78, 5) is 14.0. The number of nitrogens with zero attached hydrogens (tertiary/aromatic N) is 1. The lowest BCUT2D eigenvalue weighted by atomic mass is 10.0. The molecule has 0 N–H and O–H groups in total. The van der Waals surface area contributed by atoms with Crippen LogP contribution >= 0.6 is 11.8 Å². The predicted octanol–water partition coefficient (Wildman–Crippen LogP) is 4.73. The molecule has 1 heterocycles. The number of unbranched alkanes of at least 4 members (excludes halogenated alkanes) is 2. The minimum absolute atomic E-state index is 0.178. The highest BCUT2D eigenvalue weighted by molar-refractivity contribution is 7.99. The van der Waals surface area contributed by atoms with Crippen molar-refractivity contribution >= 4 is 17.7 Å². The summed E-state index contributed by atoms with van der Waals surface area (Å²) in [6.07, 6.45) is 8.97. The molecule has 1 saturated heterocycles. The van der Waals surface area contributed by atoms with E-state index in [9.17, 15) is 4.79 Å². The number of amides is 1. The molecule has 3 heteroatoms. The van der Waals surface area contributed by atoms with E-state index in [2.05, 4.69) is 32.6 Å². The summed E-state index contributed by atoms with van der Waals surface area (Å²) in [6.45, 7) is 7.55. The minimum Gasteiger partial charge on any atom is -0.329 e.